The van der Waals surface area contributed by atoms with Crippen molar-refractivity contribution >= 4 is 15.6 Å². The molecule has 3 aromatic rings. The highest BCUT2D eigenvalue weighted by molar-refractivity contribution is 7.90. The van der Waals surface area contributed by atoms with E-state index in [-0.39, 0.29) is 5.82 Å². The second-order valence-corrected chi connectivity index (χ2v) is 14.3. The molecule has 3 aliphatic rings. The molecule has 4 heterocycles. The molecule has 44 heavy (non-hydrogen) atoms. The Morgan fingerprint density at radius 1 is 1.16 bits per heavy atom. The zero-order valence-electron chi connectivity index (χ0n) is 24.8. The SMILES string of the molecule is CN(C)CC1CCC(CNC2=CC(N)(c3ccnc(-c4cnn(S(=O)(=O)C5CC5)c4)n3)NC=C2c2ccn(C(F)F)n2)CC1. The summed E-state index contributed by atoms with van der Waals surface area (Å²) in [6, 6.07) is 3.22. The van der Waals surface area contributed by atoms with E-state index in [1.54, 1.807) is 30.6 Å². The van der Waals surface area contributed by atoms with Gasteiger partial charge in [-0.15, -0.1) is 0 Å². The van der Waals surface area contributed by atoms with Crippen LogP contribution in [-0.2, 0) is 15.7 Å². The van der Waals surface area contributed by atoms with Gasteiger partial charge in [-0.05, 0) is 82.7 Å². The summed E-state index contributed by atoms with van der Waals surface area (Å²) < 4.78 is 53.5. The lowest BCUT2D eigenvalue weighted by Gasteiger charge is -2.34. The van der Waals surface area contributed by atoms with Crippen LogP contribution in [0.1, 0.15) is 56.5 Å². The number of aromatic nitrogens is 6. The van der Waals surface area contributed by atoms with E-state index in [4.69, 9.17) is 5.73 Å². The van der Waals surface area contributed by atoms with Gasteiger partial charge in [-0.3, -0.25) is 0 Å². The fourth-order valence-corrected chi connectivity index (χ4v) is 7.38. The summed E-state index contributed by atoms with van der Waals surface area (Å²) in [7, 11) is 0.675. The summed E-state index contributed by atoms with van der Waals surface area (Å²) in [5, 5.41) is 14.4. The number of nitrogens with one attached hydrogen (secondary N) is 2. The molecule has 3 aromatic heterocycles. The molecule has 15 heteroatoms. The summed E-state index contributed by atoms with van der Waals surface area (Å²) in [4.78, 5) is 11.2. The van der Waals surface area contributed by atoms with E-state index in [1.807, 2.05) is 0 Å². The molecule has 1 unspecified atom stereocenters. The van der Waals surface area contributed by atoms with Crippen molar-refractivity contribution in [3.05, 3.63) is 66.3 Å². The van der Waals surface area contributed by atoms with E-state index in [0.717, 1.165) is 36.3 Å². The summed E-state index contributed by atoms with van der Waals surface area (Å²) in [6.07, 6.45) is 14.9. The predicted octanol–water partition coefficient (Wildman–Crippen LogP) is 2.87. The molecule has 4 N–H and O–H groups in total. The summed E-state index contributed by atoms with van der Waals surface area (Å²) in [5.74, 6) is 1.43. The summed E-state index contributed by atoms with van der Waals surface area (Å²) >= 11 is 0. The molecule has 0 bridgehead atoms. The van der Waals surface area contributed by atoms with Crippen LogP contribution in [0, 0.1) is 11.8 Å². The van der Waals surface area contributed by atoms with Crippen LogP contribution in [-0.4, -0.2) is 74.7 Å². The first-order chi connectivity index (χ1) is 21.0. The largest absolute Gasteiger partial charge is 0.384 e. The number of dihydropyridines is 1. The fraction of sp³-hybridized carbons (Fsp3) is 0.517. The van der Waals surface area contributed by atoms with Crippen LogP contribution in [0.25, 0.3) is 17.0 Å². The van der Waals surface area contributed by atoms with Crippen LogP contribution in [0.5, 0.6) is 0 Å². The third-order valence-corrected chi connectivity index (χ3v) is 10.5. The van der Waals surface area contributed by atoms with Gasteiger partial charge in [-0.25, -0.2) is 23.1 Å². The predicted molar refractivity (Wildman–Crippen MR) is 161 cm³/mol. The van der Waals surface area contributed by atoms with E-state index in [0.29, 0.717) is 64.1 Å². The Morgan fingerprint density at radius 2 is 1.91 bits per heavy atom. The lowest BCUT2D eigenvalue weighted by atomic mass is 9.81. The Bertz CT molecular complexity index is 1660. The van der Waals surface area contributed by atoms with Crippen molar-refractivity contribution in [1.82, 2.24) is 44.5 Å². The van der Waals surface area contributed by atoms with Gasteiger partial charge in [-0.1, -0.05) is 0 Å². The molecule has 12 nitrogen and oxygen atoms in total. The van der Waals surface area contributed by atoms with Crippen molar-refractivity contribution in [2.75, 3.05) is 27.2 Å². The van der Waals surface area contributed by atoms with Crippen molar-refractivity contribution in [3.63, 3.8) is 0 Å². The normalized spacial score (nSPS) is 24.2. The number of nitrogens with zero attached hydrogens (tertiary/aromatic N) is 7. The number of nitrogens with two attached hydrogens (primary N) is 1. The number of alkyl halides is 2. The molecule has 2 fully saturated rings. The Labute approximate surface area is 255 Å². The Kier molecular flexibility index (Phi) is 8.28. The first-order valence-corrected chi connectivity index (χ1v) is 16.4. The molecule has 6 rings (SSSR count). The van der Waals surface area contributed by atoms with Gasteiger partial charge in [0.15, 0.2) is 11.5 Å². The number of hydrogen-bond acceptors (Lipinski definition) is 10. The molecular formula is C29H38F2N10O2S. The van der Waals surface area contributed by atoms with Crippen LogP contribution in [0.15, 0.2) is 54.9 Å². The van der Waals surface area contributed by atoms with E-state index in [9.17, 15) is 17.2 Å². The maximum atomic E-state index is 13.3. The lowest BCUT2D eigenvalue weighted by molar-refractivity contribution is 0.0565. The topological polar surface area (TPSA) is 149 Å². The van der Waals surface area contributed by atoms with Crippen molar-refractivity contribution in [2.45, 2.75) is 56.0 Å². The van der Waals surface area contributed by atoms with Crippen molar-refractivity contribution in [3.8, 4) is 11.4 Å². The van der Waals surface area contributed by atoms with Gasteiger partial charge in [0.25, 0.3) is 10.0 Å². The first-order valence-electron chi connectivity index (χ1n) is 14.9. The highest BCUT2D eigenvalue weighted by atomic mass is 32.2. The fourth-order valence-electron chi connectivity index (χ4n) is 5.91. The zero-order valence-corrected chi connectivity index (χ0v) is 25.6. The van der Waals surface area contributed by atoms with E-state index in [1.165, 1.54) is 18.6 Å². The summed E-state index contributed by atoms with van der Waals surface area (Å²) in [6.45, 7) is -0.965. The molecule has 1 atom stereocenters. The third-order valence-electron chi connectivity index (χ3n) is 8.48. The van der Waals surface area contributed by atoms with Gasteiger partial charge in [0.2, 0.25) is 0 Å². The second kappa shape index (κ2) is 12.0. The first kappa shape index (κ1) is 30.3. The highest BCUT2D eigenvalue weighted by Crippen LogP contribution is 2.33. The van der Waals surface area contributed by atoms with Gasteiger partial charge in [0.1, 0.15) is 0 Å². The van der Waals surface area contributed by atoms with Gasteiger partial charge in [0.05, 0.1) is 34.6 Å². The quantitative estimate of drug-likeness (QED) is 0.289. The molecule has 0 spiro atoms. The number of halogens is 2. The Morgan fingerprint density at radius 3 is 2.59 bits per heavy atom. The van der Waals surface area contributed by atoms with E-state index in [2.05, 4.69) is 49.8 Å². The van der Waals surface area contributed by atoms with Gasteiger partial charge in [-0.2, -0.15) is 23.1 Å². The van der Waals surface area contributed by atoms with Crippen LogP contribution < -0.4 is 16.4 Å². The van der Waals surface area contributed by atoms with Crippen molar-refractivity contribution in [2.24, 2.45) is 17.6 Å². The van der Waals surface area contributed by atoms with E-state index < -0.39 is 27.5 Å². The maximum Gasteiger partial charge on any atom is 0.333 e. The maximum absolute atomic E-state index is 13.3. The van der Waals surface area contributed by atoms with Crippen LogP contribution in [0.2, 0.25) is 0 Å². The summed E-state index contributed by atoms with van der Waals surface area (Å²) in [5.41, 5.74) is 8.10. The molecule has 0 aromatic carbocycles. The zero-order chi connectivity index (χ0) is 31.1. The average molecular weight is 629 g/mol. The minimum atomic E-state index is -3.53. The van der Waals surface area contributed by atoms with E-state index >= 15 is 0 Å². The molecule has 2 aliphatic carbocycles. The van der Waals surface area contributed by atoms with Crippen LogP contribution >= 0.6 is 0 Å². The third kappa shape index (κ3) is 6.40. The molecular weight excluding hydrogens is 590 g/mol. The molecule has 236 valence electrons. The smallest absolute Gasteiger partial charge is 0.333 e. The Balaban J connectivity index is 1.25. The molecule has 0 radical (unpaired) electrons. The van der Waals surface area contributed by atoms with Crippen LogP contribution in [0.4, 0.5) is 8.78 Å². The number of rotatable bonds is 11. The van der Waals surface area contributed by atoms with Crippen molar-refractivity contribution < 1.29 is 17.2 Å². The highest BCUT2D eigenvalue weighted by Gasteiger charge is 2.38. The standard InChI is InChI=1S/C29H38F2N10O2S/c1-39(2)17-20-5-3-19(4-6-20)14-34-25-13-29(32,35-16-23(25)24-10-12-40(38-24)28(30)31)26-9-11-33-27(37-26)21-15-36-41(18-21)44(42,43)22-7-8-22/h9-13,15-16,18-20,22,28,34-35H,3-8,14,17,32H2,1-2H3. The average Bonchev–Trinajstić information content (AvgIpc) is 3.54. The van der Waals surface area contributed by atoms with Crippen molar-refractivity contribution in [1.29, 1.82) is 0 Å². The second-order valence-electron chi connectivity index (χ2n) is 12.2. The lowest BCUT2D eigenvalue weighted by Crippen LogP contribution is -2.50. The van der Waals surface area contributed by atoms with Gasteiger partial charge >= 0.3 is 6.55 Å². The van der Waals surface area contributed by atoms with Crippen LogP contribution in [0.3, 0.4) is 0 Å². The van der Waals surface area contributed by atoms with Gasteiger partial charge < -0.3 is 21.3 Å². The Hall–Kier alpha value is -3.69. The monoisotopic (exact) mass is 628 g/mol. The molecule has 2 saturated carbocycles. The number of hydrogen-bond donors (Lipinski definition) is 3. The molecule has 0 saturated heterocycles. The minimum absolute atomic E-state index is 0.272. The van der Waals surface area contributed by atoms with Gasteiger partial charge in [0, 0.05) is 43.0 Å². The number of allylic oxidation sites excluding steroid dienone is 1. The minimum Gasteiger partial charge on any atom is -0.384 e. The molecule has 0 amide bonds. The molecule has 1 aliphatic heterocycles.